The fourth-order valence-electron chi connectivity index (χ4n) is 2.56. The molecule has 0 spiro atoms. The second kappa shape index (κ2) is 7.81. The van der Waals surface area contributed by atoms with Crippen LogP contribution in [0.3, 0.4) is 0 Å². The number of ether oxygens (including phenoxy) is 1. The number of amides is 1. The number of carbonyl (C=O) groups is 2. The first-order chi connectivity index (χ1) is 11.8. The summed E-state index contributed by atoms with van der Waals surface area (Å²) in [4.78, 5) is 26.0. The number of hydrogen-bond acceptors (Lipinski definition) is 4. The smallest absolute Gasteiger partial charge is 0.339 e. The minimum absolute atomic E-state index is 0.0479. The average molecular weight is 342 g/mol. The van der Waals surface area contributed by atoms with Crippen molar-refractivity contribution in [2.45, 2.75) is 13.5 Å². The molecule has 6 nitrogen and oxygen atoms in total. The van der Waals surface area contributed by atoms with E-state index in [4.69, 9.17) is 4.74 Å². The predicted octanol–water partition coefficient (Wildman–Crippen LogP) is 3.02. The largest absolute Gasteiger partial charge is 0.495 e. The number of nitrogens with one attached hydrogen (secondary N) is 1. The number of nitrogens with zero attached hydrogens (tertiary/aromatic N) is 1. The summed E-state index contributed by atoms with van der Waals surface area (Å²) in [6.07, 6.45) is 0. The van der Waals surface area contributed by atoms with E-state index in [0.717, 1.165) is 17.7 Å². The van der Waals surface area contributed by atoms with Crippen LogP contribution in [0.2, 0.25) is 0 Å². The van der Waals surface area contributed by atoms with E-state index in [-0.39, 0.29) is 16.9 Å². The number of anilines is 1. The highest BCUT2D eigenvalue weighted by Crippen LogP contribution is 2.26. The number of carboxylic acids is 1. The molecule has 0 unspecified atom stereocenters. The van der Waals surface area contributed by atoms with Crippen molar-refractivity contribution in [1.29, 1.82) is 0 Å². The van der Waals surface area contributed by atoms with Crippen LogP contribution in [0.15, 0.2) is 36.4 Å². The van der Waals surface area contributed by atoms with Crippen LogP contribution in [0.1, 0.15) is 31.8 Å². The van der Waals surface area contributed by atoms with Crippen LogP contribution in [-0.4, -0.2) is 43.1 Å². The number of para-hydroxylation sites is 1. The Morgan fingerprint density at radius 1 is 1.16 bits per heavy atom. The lowest BCUT2D eigenvalue weighted by molar-refractivity contribution is 0.0693. The van der Waals surface area contributed by atoms with Gasteiger partial charge >= 0.3 is 5.97 Å². The number of carbonyl (C=O) groups excluding carboxylic acids is 1. The molecule has 0 aliphatic carbocycles. The molecule has 0 atom stereocenters. The lowest BCUT2D eigenvalue weighted by atomic mass is 10.1. The normalized spacial score (nSPS) is 10.6. The summed E-state index contributed by atoms with van der Waals surface area (Å²) < 4.78 is 5.15. The second-order valence-electron chi connectivity index (χ2n) is 6.03. The van der Waals surface area contributed by atoms with E-state index in [2.05, 4.69) is 5.32 Å². The Hall–Kier alpha value is -2.86. The summed E-state index contributed by atoms with van der Waals surface area (Å²) in [5.74, 6) is -1.50. The van der Waals surface area contributed by atoms with Gasteiger partial charge in [-0.2, -0.15) is 0 Å². The summed E-state index contributed by atoms with van der Waals surface area (Å²) in [5.41, 5.74) is 2.81. The van der Waals surface area contributed by atoms with Crippen LogP contribution in [0, 0.1) is 6.92 Å². The van der Waals surface area contributed by atoms with Gasteiger partial charge < -0.3 is 20.1 Å². The topological polar surface area (TPSA) is 78.9 Å². The third-order valence-corrected chi connectivity index (χ3v) is 3.74. The highest BCUT2D eigenvalue weighted by Gasteiger charge is 2.20. The third-order valence-electron chi connectivity index (χ3n) is 3.74. The molecule has 2 aromatic carbocycles. The molecule has 0 aliphatic heterocycles. The molecule has 2 rings (SSSR count). The molecule has 2 N–H and O–H groups in total. The molecule has 0 fully saturated rings. The van der Waals surface area contributed by atoms with Gasteiger partial charge in [0, 0.05) is 12.2 Å². The maximum absolute atomic E-state index is 12.7. The van der Waals surface area contributed by atoms with Crippen LogP contribution in [0.5, 0.6) is 5.75 Å². The SMILES string of the molecule is COc1c(C(=O)O)cccc1C(=O)Nc1cc(CN(C)C)ccc1C. The zero-order valence-corrected chi connectivity index (χ0v) is 14.8. The molecule has 0 bridgehead atoms. The Labute approximate surface area is 147 Å². The van der Waals surface area contributed by atoms with E-state index in [0.29, 0.717) is 5.69 Å². The van der Waals surface area contributed by atoms with Crippen molar-refractivity contribution in [2.24, 2.45) is 0 Å². The third kappa shape index (κ3) is 4.36. The van der Waals surface area contributed by atoms with E-state index < -0.39 is 11.9 Å². The van der Waals surface area contributed by atoms with E-state index >= 15 is 0 Å². The van der Waals surface area contributed by atoms with E-state index in [1.165, 1.54) is 19.2 Å². The summed E-state index contributed by atoms with van der Waals surface area (Å²) in [5, 5.41) is 12.1. The quantitative estimate of drug-likeness (QED) is 0.844. The molecule has 0 saturated heterocycles. The molecular formula is C19H22N2O4. The second-order valence-corrected chi connectivity index (χ2v) is 6.03. The molecular weight excluding hydrogens is 320 g/mol. The van der Waals surface area contributed by atoms with Crippen LogP contribution < -0.4 is 10.1 Å². The van der Waals surface area contributed by atoms with Crippen molar-refractivity contribution in [2.75, 3.05) is 26.5 Å². The number of hydrogen-bond donors (Lipinski definition) is 2. The monoisotopic (exact) mass is 342 g/mol. The fourth-order valence-corrected chi connectivity index (χ4v) is 2.56. The van der Waals surface area contributed by atoms with Crippen molar-refractivity contribution < 1.29 is 19.4 Å². The van der Waals surface area contributed by atoms with Gasteiger partial charge in [-0.15, -0.1) is 0 Å². The predicted molar refractivity (Wildman–Crippen MR) is 96.5 cm³/mol. The lowest BCUT2D eigenvalue weighted by Crippen LogP contribution is -2.16. The highest BCUT2D eigenvalue weighted by molar-refractivity contribution is 6.08. The summed E-state index contributed by atoms with van der Waals surface area (Å²) >= 11 is 0. The van der Waals surface area contributed by atoms with Gasteiger partial charge in [0.05, 0.1) is 12.7 Å². The first-order valence-corrected chi connectivity index (χ1v) is 7.79. The number of carboxylic acid groups (broad SMARTS) is 1. The average Bonchev–Trinajstić information content (AvgIpc) is 2.56. The van der Waals surface area contributed by atoms with Crippen LogP contribution in [-0.2, 0) is 6.54 Å². The first kappa shape index (κ1) is 18.5. The maximum atomic E-state index is 12.7. The van der Waals surface area contributed by atoms with E-state index in [1.807, 2.05) is 44.1 Å². The Morgan fingerprint density at radius 2 is 1.84 bits per heavy atom. The van der Waals surface area contributed by atoms with Crippen LogP contribution in [0.4, 0.5) is 5.69 Å². The first-order valence-electron chi connectivity index (χ1n) is 7.79. The van der Waals surface area contributed by atoms with Crippen molar-refractivity contribution in [3.63, 3.8) is 0 Å². The van der Waals surface area contributed by atoms with Gasteiger partial charge in [-0.1, -0.05) is 18.2 Å². The van der Waals surface area contributed by atoms with Gasteiger partial charge in [-0.3, -0.25) is 4.79 Å². The summed E-state index contributed by atoms with van der Waals surface area (Å²) in [6.45, 7) is 2.65. The van der Waals surface area contributed by atoms with Crippen LogP contribution in [0.25, 0.3) is 0 Å². The van der Waals surface area contributed by atoms with Crippen molar-refractivity contribution in [3.05, 3.63) is 58.7 Å². The molecule has 6 heteroatoms. The molecule has 25 heavy (non-hydrogen) atoms. The highest BCUT2D eigenvalue weighted by atomic mass is 16.5. The lowest BCUT2D eigenvalue weighted by Gasteiger charge is -2.15. The minimum Gasteiger partial charge on any atom is -0.495 e. The van der Waals surface area contributed by atoms with Crippen molar-refractivity contribution in [1.82, 2.24) is 4.90 Å². The Bertz CT molecular complexity index is 800. The van der Waals surface area contributed by atoms with Gasteiger partial charge in [0.1, 0.15) is 11.3 Å². The Morgan fingerprint density at radius 3 is 2.44 bits per heavy atom. The Balaban J connectivity index is 2.34. The number of rotatable bonds is 6. The fraction of sp³-hybridized carbons (Fsp3) is 0.263. The number of methoxy groups -OCH3 is 1. The number of benzene rings is 2. The molecule has 1 amide bonds. The molecule has 132 valence electrons. The van der Waals surface area contributed by atoms with Crippen molar-refractivity contribution >= 4 is 17.6 Å². The van der Waals surface area contributed by atoms with Gasteiger partial charge in [-0.25, -0.2) is 4.79 Å². The molecule has 2 aromatic rings. The van der Waals surface area contributed by atoms with Gasteiger partial charge in [-0.05, 0) is 50.3 Å². The molecule has 0 radical (unpaired) electrons. The van der Waals surface area contributed by atoms with E-state index in [9.17, 15) is 14.7 Å². The van der Waals surface area contributed by atoms with Gasteiger partial charge in [0.25, 0.3) is 5.91 Å². The van der Waals surface area contributed by atoms with Crippen molar-refractivity contribution in [3.8, 4) is 5.75 Å². The standard InChI is InChI=1S/C19H22N2O4/c1-12-8-9-13(11-21(2)3)10-16(12)20-18(22)14-6-5-7-15(19(23)24)17(14)25-4/h5-10H,11H2,1-4H3,(H,20,22)(H,23,24). The molecule has 0 aliphatic rings. The van der Waals surface area contributed by atoms with Gasteiger partial charge in [0.2, 0.25) is 0 Å². The number of aromatic carboxylic acids is 1. The zero-order chi connectivity index (χ0) is 18.6. The van der Waals surface area contributed by atoms with E-state index in [1.54, 1.807) is 6.07 Å². The summed E-state index contributed by atoms with van der Waals surface area (Å²) in [6, 6.07) is 10.3. The maximum Gasteiger partial charge on any atom is 0.339 e. The number of aryl methyl sites for hydroxylation is 1. The summed E-state index contributed by atoms with van der Waals surface area (Å²) in [7, 11) is 5.29. The zero-order valence-electron chi connectivity index (χ0n) is 14.8. The molecule has 0 saturated carbocycles. The molecule has 0 heterocycles. The molecule has 0 aromatic heterocycles. The Kier molecular flexibility index (Phi) is 5.77. The minimum atomic E-state index is -1.14. The van der Waals surface area contributed by atoms with Gasteiger partial charge in [0.15, 0.2) is 0 Å². The van der Waals surface area contributed by atoms with Crippen LogP contribution >= 0.6 is 0 Å².